The van der Waals surface area contributed by atoms with E-state index in [0.29, 0.717) is 5.82 Å². The van der Waals surface area contributed by atoms with E-state index in [1.165, 1.54) is 0 Å². The van der Waals surface area contributed by atoms with E-state index >= 15 is 0 Å². The van der Waals surface area contributed by atoms with Gasteiger partial charge in [0.1, 0.15) is 17.7 Å². The standard InChI is InChI=1S/C21H22N8O/c1-14-4-6-15(7-5-14)29-19(12-17(26-29)18-8-10-23-27(18)2)25-21(30)16-13-24-28-11-3-9-22-20(16)28/h3-13,16,20-21,25,30H,1-2H3. The van der Waals surface area contributed by atoms with Gasteiger partial charge in [0.2, 0.25) is 0 Å². The molecular weight excluding hydrogens is 380 g/mol. The molecule has 2 aliphatic rings. The molecule has 0 aliphatic carbocycles. The van der Waals surface area contributed by atoms with E-state index in [1.54, 1.807) is 33.0 Å². The van der Waals surface area contributed by atoms with Crippen molar-refractivity contribution in [1.82, 2.24) is 24.6 Å². The van der Waals surface area contributed by atoms with E-state index in [4.69, 9.17) is 5.10 Å². The minimum Gasteiger partial charge on any atom is -0.373 e. The third-order valence-electron chi connectivity index (χ3n) is 5.28. The molecule has 2 aliphatic heterocycles. The Morgan fingerprint density at radius 3 is 2.77 bits per heavy atom. The molecule has 0 spiro atoms. The molecule has 9 heteroatoms. The molecule has 0 radical (unpaired) electrons. The van der Waals surface area contributed by atoms with Crippen molar-refractivity contribution in [3.8, 4) is 17.1 Å². The molecule has 5 rings (SSSR count). The van der Waals surface area contributed by atoms with E-state index in [0.717, 1.165) is 22.6 Å². The lowest BCUT2D eigenvalue weighted by atomic mass is 10.1. The lowest BCUT2D eigenvalue weighted by Gasteiger charge is -2.27. The summed E-state index contributed by atoms with van der Waals surface area (Å²) in [5.41, 5.74) is 3.70. The summed E-state index contributed by atoms with van der Waals surface area (Å²) in [5, 5.41) is 29.3. The summed E-state index contributed by atoms with van der Waals surface area (Å²) in [5.74, 6) is 0.373. The second-order valence-corrected chi connectivity index (χ2v) is 7.37. The fourth-order valence-electron chi connectivity index (χ4n) is 3.64. The molecule has 152 valence electrons. The average Bonchev–Trinajstić information content (AvgIpc) is 3.46. The topological polar surface area (TPSA) is 95.9 Å². The molecule has 30 heavy (non-hydrogen) atoms. The summed E-state index contributed by atoms with van der Waals surface area (Å²) in [7, 11) is 1.88. The van der Waals surface area contributed by atoms with Crippen LogP contribution in [0.1, 0.15) is 5.56 Å². The molecule has 3 aromatic rings. The number of aliphatic hydroxyl groups excluding tert-OH is 1. The first-order valence-corrected chi connectivity index (χ1v) is 9.73. The van der Waals surface area contributed by atoms with Crippen molar-refractivity contribution in [2.45, 2.75) is 19.3 Å². The van der Waals surface area contributed by atoms with E-state index in [2.05, 4.69) is 20.5 Å². The van der Waals surface area contributed by atoms with Gasteiger partial charge in [-0.15, -0.1) is 0 Å². The fraction of sp³-hybridized carbons (Fsp3) is 0.238. The minimum atomic E-state index is -0.896. The zero-order valence-corrected chi connectivity index (χ0v) is 16.7. The molecule has 0 fully saturated rings. The minimum absolute atomic E-state index is 0.259. The second kappa shape index (κ2) is 7.27. The Labute approximate surface area is 173 Å². The Balaban J connectivity index is 1.49. The van der Waals surface area contributed by atoms with Gasteiger partial charge in [0.15, 0.2) is 6.17 Å². The summed E-state index contributed by atoms with van der Waals surface area (Å²) < 4.78 is 3.56. The molecule has 0 amide bonds. The molecule has 0 saturated heterocycles. The number of hydrazone groups is 1. The van der Waals surface area contributed by atoms with Crippen LogP contribution in [0.4, 0.5) is 5.82 Å². The Bertz CT molecular complexity index is 1140. The van der Waals surface area contributed by atoms with Gasteiger partial charge in [0.05, 0.1) is 17.3 Å². The number of aryl methyl sites for hydroxylation is 2. The van der Waals surface area contributed by atoms with Gasteiger partial charge in [-0.05, 0) is 31.2 Å². The summed E-state index contributed by atoms with van der Waals surface area (Å²) in [6.07, 6.45) is 7.70. The maximum atomic E-state index is 11.0. The molecular formula is C21H22N8O. The number of nitrogens with one attached hydrogen (secondary N) is 1. The lowest BCUT2D eigenvalue weighted by molar-refractivity contribution is 0.129. The van der Waals surface area contributed by atoms with E-state index in [-0.39, 0.29) is 12.1 Å². The molecule has 4 heterocycles. The van der Waals surface area contributed by atoms with Crippen molar-refractivity contribution in [3.63, 3.8) is 0 Å². The van der Waals surface area contributed by atoms with Gasteiger partial charge in [-0.3, -0.25) is 9.67 Å². The van der Waals surface area contributed by atoms with Crippen molar-refractivity contribution < 1.29 is 5.11 Å². The average molecular weight is 402 g/mol. The third-order valence-corrected chi connectivity index (χ3v) is 5.28. The molecule has 2 N–H and O–H groups in total. The second-order valence-electron chi connectivity index (χ2n) is 7.37. The number of aliphatic imine (C=N–C) groups is 1. The first-order chi connectivity index (χ1) is 14.6. The molecule has 3 unspecified atom stereocenters. The van der Waals surface area contributed by atoms with Crippen molar-refractivity contribution in [1.29, 1.82) is 0 Å². The van der Waals surface area contributed by atoms with E-state index in [9.17, 15) is 5.11 Å². The summed E-state index contributed by atoms with van der Waals surface area (Å²) in [6.45, 7) is 2.04. The highest BCUT2D eigenvalue weighted by Gasteiger charge is 2.36. The van der Waals surface area contributed by atoms with Crippen molar-refractivity contribution in [2.24, 2.45) is 23.1 Å². The zero-order chi connectivity index (χ0) is 20.7. The van der Waals surface area contributed by atoms with Gasteiger partial charge < -0.3 is 10.4 Å². The third kappa shape index (κ3) is 3.18. The van der Waals surface area contributed by atoms with Gasteiger partial charge in [-0.25, -0.2) is 9.69 Å². The van der Waals surface area contributed by atoms with Crippen LogP contribution in [0.3, 0.4) is 0 Å². The summed E-state index contributed by atoms with van der Waals surface area (Å²) in [6, 6.07) is 11.9. The van der Waals surface area contributed by atoms with E-state index < -0.39 is 6.23 Å². The van der Waals surface area contributed by atoms with Crippen molar-refractivity contribution >= 4 is 18.2 Å². The highest BCUT2D eigenvalue weighted by molar-refractivity contribution is 5.74. The lowest BCUT2D eigenvalue weighted by Crippen LogP contribution is -2.40. The Morgan fingerprint density at radius 1 is 1.17 bits per heavy atom. The van der Waals surface area contributed by atoms with Crippen LogP contribution < -0.4 is 5.32 Å². The largest absolute Gasteiger partial charge is 0.373 e. The summed E-state index contributed by atoms with van der Waals surface area (Å²) >= 11 is 0. The van der Waals surface area contributed by atoms with Crippen molar-refractivity contribution in [2.75, 3.05) is 5.32 Å². The summed E-state index contributed by atoms with van der Waals surface area (Å²) in [4.78, 5) is 4.44. The highest BCUT2D eigenvalue weighted by atomic mass is 16.3. The molecule has 0 saturated carbocycles. The van der Waals surface area contributed by atoms with Crippen LogP contribution in [0.5, 0.6) is 0 Å². The predicted molar refractivity (Wildman–Crippen MR) is 115 cm³/mol. The monoisotopic (exact) mass is 402 g/mol. The fourth-order valence-corrected chi connectivity index (χ4v) is 3.64. The van der Waals surface area contributed by atoms with Crippen LogP contribution in [0.2, 0.25) is 0 Å². The first kappa shape index (κ1) is 18.3. The predicted octanol–water partition coefficient (Wildman–Crippen LogP) is 2.15. The molecule has 9 nitrogen and oxygen atoms in total. The van der Waals surface area contributed by atoms with Gasteiger partial charge >= 0.3 is 0 Å². The number of rotatable bonds is 5. The van der Waals surface area contributed by atoms with Crippen LogP contribution in [0.25, 0.3) is 17.1 Å². The maximum absolute atomic E-state index is 11.0. The Hall–Kier alpha value is -3.72. The quantitative estimate of drug-likeness (QED) is 0.638. The van der Waals surface area contributed by atoms with Crippen LogP contribution in [-0.4, -0.2) is 54.5 Å². The van der Waals surface area contributed by atoms with Gasteiger partial charge in [0, 0.05) is 37.9 Å². The number of aromatic nitrogens is 4. The van der Waals surface area contributed by atoms with Gasteiger partial charge in [0.25, 0.3) is 0 Å². The Kier molecular flexibility index (Phi) is 4.44. The zero-order valence-electron chi connectivity index (χ0n) is 16.7. The van der Waals surface area contributed by atoms with E-state index in [1.807, 2.05) is 62.6 Å². The molecule has 1 aromatic carbocycles. The number of allylic oxidation sites excluding steroid dienone is 1. The van der Waals surface area contributed by atoms with Crippen LogP contribution in [0, 0.1) is 12.8 Å². The number of hydrogen-bond acceptors (Lipinski definition) is 7. The van der Waals surface area contributed by atoms with Gasteiger partial charge in [-0.2, -0.15) is 15.3 Å². The SMILES string of the molecule is Cc1ccc(-n2nc(-c3ccnn3C)cc2NC(O)C2C=NN3C=CC=NC23)cc1. The first-order valence-electron chi connectivity index (χ1n) is 9.73. The number of anilines is 1. The number of benzene rings is 1. The Morgan fingerprint density at radius 2 is 2.00 bits per heavy atom. The number of nitrogens with zero attached hydrogens (tertiary/aromatic N) is 7. The number of hydrogen-bond donors (Lipinski definition) is 2. The number of fused-ring (bicyclic) bond motifs is 1. The van der Waals surface area contributed by atoms with Crippen LogP contribution in [-0.2, 0) is 7.05 Å². The van der Waals surface area contributed by atoms with Crippen LogP contribution in [0.15, 0.2) is 65.0 Å². The van der Waals surface area contributed by atoms with Crippen molar-refractivity contribution in [3.05, 3.63) is 60.4 Å². The normalized spacial score (nSPS) is 20.6. The van der Waals surface area contributed by atoms with Gasteiger partial charge in [-0.1, -0.05) is 17.7 Å². The number of aliphatic hydroxyl groups is 1. The molecule has 3 atom stereocenters. The molecule has 2 aromatic heterocycles. The van der Waals surface area contributed by atoms with Crippen LogP contribution >= 0.6 is 0 Å². The highest BCUT2D eigenvalue weighted by Crippen LogP contribution is 2.28. The molecule has 0 bridgehead atoms. The maximum Gasteiger partial charge on any atom is 0.153 e. The smallest absolute Gasteiger partial charge is 0.153 e.